The van der Waals surface area contributed by atoms with Crippen molar-refractivity contribution in [3.63, 3.8) is 0 Å². The third kappa shape index (κ3) is 3.13. The largest absolute Gasteiger partial charge is 0.451 e. The SMILES string of the molecule is CC(=O)Cc1cn(-c2cnc(C(F)(F)F)nc2)nc1Cl. The first-order valence-corrected chi connectivity index (χ1v) is 5.78. The highest BCUT2D eigenvalue weighted by Crippen LogP contribution is 2.26. The van der Waals surface area contributed by atoms with Gasteiger partial charge in [-0.2, -0.15) is 18.3 Å². The van der Waals surface area contributed by atoms with Gasteiger partial charge in [-0.05, 0) is 6.92 Å². The minimum Gasteiger partial charge on any atom is -0.300 e. The van der Waals surface area contributed by atoms with Crippen molar-refractivity contribution >= 4 is 17.4 Å². The van der Waals surface area contributed by atoms with Crippen molar-refractivity contribution in [1.29, 1.82) is 0 Å². The van der Waals surface area contributed by atoms with Crippen molar-refractivity contribution in [1.82, 2.24) is 19.7 Å². The van der Waals surface area contributed by atoms with Crippen molar-refractivity contribution in [3.8, 4) is 5.69 Å². The third-order valence-electron chi connectivity index (χ3n) is 2.33. The van der Waals surface area contributed by atoms with Crippen molar-refractivity contribution in [2.24, 2.45) is 0 Å². The lowest BCUT2D eigenvalue weighted by molar-refractivity contribution is -0.145. The molecule has 0 aliphatic carbocycles. The number of nitrogens with zero attached hydrogens (tertiary/aromatic N) is 4. The molecule has 2 rings (SSSR count). The van der Waals surface area contributed by atoms with Crippen molar-refractivity contribution in [2.75, 3.05) is 0 Å². The summed E-state index contributed by atoms with van der Waals surface area (Å²) in [5.74, 6) is -1.33. The molecule has 0 saturated carbocycles. The van der Waals surface area contributed by atoms with Crippen LogP contribution in [0.1, 0.15) is 18.3 Å². The topological polar surface area (TPSA) is 60.7 Å². The maximum atomic E-state index is 12.3. The summed E-state index contributed by atoms with van der Waals surface area (Å²) in [5, 5.41) is 4.01. The van der Waals surface area contributed by atoms with Crippen LogP contribution in [-0.2, 0) is 17.4 Å². The van der Waals surface area contributed by atoms with E-state index in [0.29, 0.717) is 5.56 Å². The van der Waals surface area contributed by atoms with Crippen LogP contribution in [0.5, 0.6) is 0 Å². The lowest BCUT2D eigenvalue weighted by atomic mass is 10.2. The van der Waals surface area contributed by atoms with E-state index in [0.717, 1.165) is 12.4 Å². The van der Waals surface area contributed by atoms with Gasteiger partial charge in [0.25, 0.3) is 0 Å². The number of aromatic nitrogens is 4. The number of Topliss-reactive ketones (excluding diaryl/α,β-unsaturated/α-hetero) is 1. The number of hydrogen-bond donors (Lipinski definition) is 0. The minimum absolute atomic E-state index is 0.0975. The summed E-state index contributed by atoms with van der Waals surface area (Å²) < 4.78 is 38.2. The molecule has 0 N–H and O–H groups in total. The van der Waals surface area contributed by atoms with Crippen molar-refractivity contribution in [3.05, 3.63) is 35.1 Å². The highest BCUT2D eigenvalue weighted by molar-refractivity contribution is 6.30. The Kier molecular flexibility index (Phi) is 3.76. The first kappa shape index (κ1) is 14.4. The van der Waals surface area contributed by atoms with Gasteiger partial charge in [-0.15, -0.1) is 0 Å². The maximum absolute atomic E-state index is 12.3. The van der Waals surface area contributed by atoms with Gasteiger partial charge in [0, 0.05) is 18.2 Å². The van der Waals surface area contributed by atoms with E-state index in [1.165, 1.54) is 17.8 Å². The van der Waals surface area contributed by atoms with Crippen molar-refractivity contribution < 1.29 is 18.0 Å². The number of rotatable bonds is 3. The van der Waals surface area contributed by atoms with E-state index >= 15 is 0 Å². The molecule has 0 radical (unpaired) electrons. The monoisotopic (exact) mass is 304 g/mol. The average molecular weight is 305 g/mol. The molecule has 0 fully saturated rings. The maximum Gasteiger partial charge on any atom is 0.451 e. The lowest BCUT2D eigenvalue weighted by Crippen LogP contribution is -2.11. The van der Waals surface area contributed by atoms with Gasteiger partial charge in [-0.1, -0.05) is 11.6 Å². The predicted octanol–water partition coefficient (Wildman–Crippen LogP) is 2.47. The van der Waals surface area contributed by atoms with Crippen LogP contribution in [-0.4, -0.2) is 25.5 Å². The van der Waals surface area contributed by atoms with Crippen LogP contribution in [0.25, 0.3) is 5.69 Å². The van der Waals surface area contributed by atoms with E-state index in [4.69, 9.17) is 11.6 Å². The van der Waals surface area contributed by atoms with Gasteiger partial charge < -0.3 is 0 Å². The first-order chi connectivity index (χ1) is 9.27. The summed E-state index contributed by atoms with van der Waals surface area (Å²) in [6.45, 7) is 1.40. The van der Waals surface area contributed by atoms with Crippen LogP contribution in [0.4, 0.5) is 13.2 Å². The molecule has 9 heteroatoms. The second-order valence-corrected chi connectivity index (χ2v) is 4.39. The van der Waals surface area contributed by atoms with Crippen LogP contribution < -0.4 is 0 Å². The van der Waals surface area contributed by atoms with Gasteiger partial charge in [-0.3, -0.25) is 4.79 Å². The molecular formula is C11H8ClF3N4O. The summed E-state index contributed by atoms with van der Waals surface area (Å²) in [4.78, 5) is 17.5. The van der Waals surface area contributed by atoms with Crippen LogP contribution in [0, 0.1) is 0 Å². The Balaban J connectivity index is 2.30. The third-order valence-corrected chi connectivity index (χ3v) is 2.65. The predicted molar refractivity (Wildman–Crippen MR) is 63.6 cm³/mol. The summed E-state index contributed by atoms with van der Waals surface area (Å²) in [5.41, 5.74) is 0.703. The number of alkyl halides is 3. The van der Waals surface area contributed by atoms with E-state index in [1.54, 1.807) is 0 Å². The molecule has 0 aromatic carbocycles. The molecule has 0 saturated heterocycles. The Morgan fingerprint density at radius 3 is 2.45 bits per heavy atom. The molecule has 5 nitrogen and oxygen atoms in total. The highest BCUT2D eigenvalue weighted by Gasteiger charge is 2.34. The number of halogens is 4. The average Bonchev–Trinajstić information content (AvgIpc) is 2.69. The number of carbonyl (C=O) groups excluding carboxylic acids is 1. The zero-order valence-electron chi connectivity index (χ0n) is 10.1. The molecule has 2 aromatic rings. The zero-order chi connectivity index (χ0) is 14.9. The van der Waals surface area contributed by atoms with E-state index < -0.39 is 12.0 Å². The van der Waals surface area contributed by atoms with E-state index in [9.17, 15) is 18.0 Å². The minimum atomic E-state index is -4.60. The summed E-state index contributed by atoms with van der Waals surface area (Å²) >= 11 is 5.84. The first-order valence-electron chi connectivity index (χ1n) is 5.40. The molecule has 2 aromatic heterocycles. The smallest absolute Gasteiger partial charge is 0.300 e. The van der Waals surface area contributed by atoms with Crippen LogP contribution in [0.2, 0.25) is 5.15 Å². The van der Waals surface area contributed by atoms with Crippen LogP contribution >= 0.6 is 11.6 Å². The summed E-state index contributed by atoms with van der Waals surface area (Å²) in [6.07, 6.45) is -1.08. The van der Waals surface area contributed by atoms with Gasteiger partial charge in [0.05, 0.1) is 12.4 Å². The van der Waals surface area contributed by atoms with Gasteiger partial charge in [0.2, 0.25) is 5.82 Å². The molecule has 2 heterocycles. The quantitative estimate of drug-likeness (QED) is 0.874. The standard InChI is InChI=1S/C11H8ClF3N4O/c1-6(20)2-7-5-19(18-9(7)12)8-3-16-10(17-4-8)11(13,14)15/h3-5H,2H2,1H3. The number of ketones is 1. The number of carbonyl (C=O) groups is 1. The Morgan fingerprint density at radius 2 is 1.95 bits per heavy atom. The van der Waals surface area contributed by atoms with Gasteiger partial charge in [0.1, 0.15) is 11.5 Å². The van der Waals surface area contributed by atoms with Gasteiger partial charge in [-0.25, -0.2) is 14.6 Å². The molecule has 0 spiro atoms. The lowest BCUT2D eigenvalue weighted by Gasteiger charge is -2.05. The Morgan fingerprint density at radius 1 is 1.35 bits per heavy atom. The van der Waals surface area contributed by atoms with E-state index in [1.807, 2.05) is 0 Å². The zero-order valence-corrected chi connectivity index (χ0v) is 10.9. The van der Waals surface area contributed by atoms with Gasteiger partial charge in [0.15, 0.2) is 5.15 Å². The fourth-order valence-electron chi connectivity index (χ4n) is 1.49. The molecule has 106 valence electrons. The molecule has 0 amide bonds. The Labute approximate surface area is 116 Å². The van der Waals surface area contributed by atoms with Gasteiger partial charge >= 0.3 is 6.18 Å². The Hall–Kier alpha value is -1.96. The highest BCUT2D eigenvalue weighted by atomic mass is 35.5. The van der Waals surface area contributed by atoms with Crippen LogP contribution in [0.3, 0.4) is 0 Å². The molecule has 0 atom stereocenters. The fraction of sp³-hybridized carbons (Fsp3) is 0.273. The van der Waals surface area contributed by atoms with Crippen molar-refractivity contribution in [2.45, 2.75) is 19.5 Å². The second kappa shape index (κ2) is 5.20. The normalized spacial score (nSPS) is 11.7. The molecule has 0 unspecified atom stereocenters. The van der Waals surface area contributed by atoms with Crippen LogP contribution in [0.15, 0.2) is 18.6 Å². The second-order valence-electron chi connectivity index (χ2n) is 4.03. The Bertz CT molecular complexity index is 636. The number of hydrogen-bond acceptors (Lipinski definition) is 4. The molecule has 0 aliphatic rings. The van der Waals surface area contributed by atoms with E-state index in [-0.39, 0.29) is 23.0 Å². The molecule has 20 heavy (non-hydrogen) atoms. The van der Waals surface area contributed by atoms with E-state index in [2.05, 4.69) is 15.1 Å². The molecular weight excluding hydrogens is 297 g/mol. The summed E-state index contributed by atoms with van der Waals surface area (Å²) in [7, 11) is 0. The molecule has 0 bridgehead atoms. The summed E-state index contributed by atoms with van der Waals surface area (Å²) in [6, 6.07) is 0. The molecule has 0 aliphatic heterocycles. The fourth-order valence-corrected chi connectivity index (χ4v) is 1.69.